The van der Waals surface area contributed by atoms with Crippen molar-refractivity contribution in [2.45, 2.75) is 36.1 Å². The lowest BCUT2D eigenvalue weighted by molar-refractivity contribution is -0.157. The molecule has 0 aromatic carbocycles. The van der Waals surface area contributed by atoms with Crippen molar-refractivity contribution >= 4 is 27.7 Å². The van der Waals surface area contributed by atoms with Crippen LogP contribution in [0.3, 0.4) is 0 Å². The molecule has 3 heterocycles. The average Bonchev–Trinajstić information content (AvgIpc) is 3.00. The Morgan fingerprint density at radius 1 is 1.50 bits per heavy atom. The highest BCUT2D eigenvalue weighted by atomic mass is 32.2. The van der Waals surface area contributed by atoms with Crippen LogP contribution in [0, 0.1) is 0 Å². The normalized spacial score (nSPS) is 30.6. The molecule has 2 fully saturated rings. The molecule has 0 spiro atoms. The third-order valence-electron chi connectivity index (χ3n) is 4.52. The van der Waals surface area contributed by atoms with Gasteiger partial charge >= 0.3 is 11.9 Å². The summed E-state index contributed by atoms with van der Waals surface area (Å²) in [6.45, 7) is 0.784. The number of carbonyl (C=O) groups is 3. The number of rotatable bonds is 4. The first-order chi connectivity index (χ1) is 11.1. The molecular weight excluding hydrogens is 344 g/mol. The lowest BCUT2D eigenvalue weighted by atomic mass is 9.96. The molecule has 1 amide bonds. The summed E-state index contributed by atoms with van der Waals surface area (Å²) in [7, 11) is -2.86. The van der Waals surface area contributed by atoms with E-state index in [0.29, 0.717) is 0 Å². The Labute approximate surface area is 136 Å². The van der Waals surface area contributed by atoms with Crippen molar-refractivity contribution in [3.8, 4) is 0 Å². The molecule has 1 aromatic rings. The predicted molar refractivity (Wildman–Crippen MR) is 75.4 cm³/mol. The van der Waals surface area contributed by atoms with Crippen molar-refractivity contribution in [3.05, 3.63) is 11.9 Å². The number of nitrogens with zero attached hydrogens (tertiary/aromatic N) is 4. The second-order valence-corrected chi connectivity index (χ2v) is 8.39. The van der Waals surface area contributed by atoms with Crippen LogP contribution in [-0.4, -0.2) is 74.5 Å². The van der Waals surface area contributed by atoms with Gasteiger partial charge in [-0.1, -0.05) is 5.21 Å². The number of hydrogen-bond acceptors (Lipinski definition) is 8. The molecule has 0 unspecified atom stereocenters. The van der Waals surface area contributed by atoms with Crippen LogP contribution >= 0.6 is 0 Å². The number of esters is 1. The second-order valence-electron chi connectivity index (χ2n) is 5.83. The molecule has 24 heavy (non-hydrogen) atoms. The summed E-state index contributed by atoms with van der Waals surface area (Å²) in [5, 5.41) is 15.5. The number of aliphatic carboxylic acids is 1. The number of amides is 1. The van der Waals surface area contributed by atoms with E-state index in [1.165, 1.54) is 6.92 Å². The summed E-state index contributed by atoms with van der Waals surface area (Å²) in [5.41, 5.74) is -0.112. The quantitative estimate of drug-likeness (QED) is 0.489. The number of carboxylic acids is 1. The SMILES string of the molecule is COC(=O)c1cnnn1C[C@@]1(C)[C@H](C(=O)O)N2C(=O)C[C@H]2S1(=O)=O. The molecule has 2 aliphatic rings. The van der Waals surface area contributed by atoms with Crippen molar-refractivity contribution < 1.29 is 32.6 Å². The second kappa shape index (κ2) is 5.00. The highest BCUT2D eigenvalue weighted by Crippen LogP contribution is 2.46. The van der Waals surface area contributed by atoms with E-state index in [2.05, 4.69) is 15.0 Å². The van der Waals surface area contributed by atoms with Crippen molar-refractivity contribution in [1.82, 2.24) is 19.9 Å². The largest absolute Gasteiger partial charge is 0.480 e. The van der Waals surface area contributed by atoms with Crippen LogP contribution in [0.1, 0.15) is 23.8 Å². The lowest BCUT2D eigenvalue weighted by Gasteiger charge is -2.35. The number of fused-ring (bicyclic) bond motifs is 1. The first-order valence-electron chi connectivity index (χ1n) is 6.89. The third kappa shape index (κ3) is 1.89. The minimum atomic E-state index is -4.00. The minimum absolute atomic E-state index is 0.112. The smallest absolute Gasteiger partial charge is 0.358 e. The van der Waals surface area contributed by atoms with Crippen molar-refractivity contribution in [2.75, 3.05) is 7.11 Å². The van der Waals surface area contributed by atoms with Crippen LogP contribution < -0.4 is 0 Å². The van der Waals surface area contributed by atoms with E-state index in [9.17, 15) is 27.9 Å². The Kier molecular flexibility index (Phi) is 3.41. The van der Waals surface area contributed by atoms with Gasteiger partial charge in [0.25, 0.3) is 0 Å². The van der Waals surface area contributed by atoms with E-state index in [4.69, 9.17) is 0 Å². The number of β-lactam (4-membered cyclic amide) rings is 1. The average molecular weight is 358 g/mol. The van der Waals surface area contributed by atoms with Gasteiger partial charge in [-0.2, -0.15) is 0 Å². The van der Waals surface area contributed by atoms with Gasteiger partial charge in [0.2, 0.25) is 5.91 Å². The van der Waals surface area contributed by atoms with Crippen LogP contribution in [0.4, 0.5) is 0 Å². The maximum Gasteiger partial charge on any atom is 0.358 e. The maximum atomic E-state index is 12.8. The Balaban J connectivity index is 2.07. The lowest BCUT2D eigenvalue weighted by Crippen LogP contribution is -2.58. The van der Waals surface area contributed by atoms with E-state index >= 15 is 0 Å². The molecule has 0 saturated carbocycles. The van der Waals surface area contributed by atoms with Gasteiger partial charge < -0.3 is 14.7 Å². The van der Waals surface area contributed by atoms with Gasteiger partial charge in [-0.3, -0.25) is 4.79 Å². The summed E-state index contributed by atoms with van der Waals surface area (Å²) in [6, 6.07) is -1.57. The van der Waals surface area contributed by atoms with Crippen LogP contribution in [0.15, 0.2) is 6.20 Å². The summed E-state index contributed by atoms with van der Waals surface area (Å²) in [5.74, 6) is -2.76. The standard InChI is InChI=1S/C12H14N4O7S/c1-12(5-15-6(4-13-14-15)11(20)23-2)9(10(18)19)16-7(17)3-8(16)24(12,21)22/h4,8-9H,3,5H2,1-2H3,(H,18,19)/t8-,9+,12+/m1/s1. The molecule has 11 nitrogen and oxygen atoms in total. The fourth-order valence-electron chi connectivity index (χ4n) is 3.22. The Bertz CT molecular complexity index is 847. The van der Waals surface area contributed by atoms with E-state index < -0.39 is 50.4 Å². The number of sulfone groups is 1. The van der Waals surface area contributed by atoms with Crippen molar-refractivity contribution in [3.63, 3.8) is 0 Å². The zero-order valence-electron chi connectivity index (χ0n) is 12.7. The van der Waals surface area contributed by atoms with Crippen LogP contribution in [0.2, 0.25) is 0 Å². The molecule has 2 aliphatic heterocycles. The minimum Gasteiger partial charge on any atom is -0.480 e. The summed E-state index contributed by atoms with van der Waals surface area (Å²) < 4.78 is 29.2. The van der Waals surface area contributed by atoms with E-state index in [0.717, 1.165) is 22.9 Å². The first kappa shape index (κ1) is 16.4. The van der Waals surface area contributed by atoms with Crippen LogP contribution in [0.25, 0.3) is 0 Å². The molecule has 130 valence electrons. The summed E-state index contributed by atoms with van der Waals surface area (Å²) in [6.07, 6.45) is 0.843. The zero-order valence-corrected chi connectivity index (χ0v) is 13.6. The summed E-state index contributed by atoms with van der Waals surface area (Å²) >= 11 is 0. The number of carboxylic acid groups (broad SMARTS) is 1. The molecule has 0 aliphatic carbocycles. The molecule has 0 bridgehead atoms. The topological polar surface area (TPSA) is 149 Å². The molecule has 1 aromatic heterocycles. The molecule has 0 radical (unpaired) electrons. The Morgan fingerprint density at radius 3 is 2.71 bits per heavy atom. The highest BCUT2D eigenvalue weighted by molar-refractivity contribution is 7.93. The van der Waals surface area contributed by atoms with Gasteiger partial charge in [-0.15, -0.1) is 5.10 Å². The molecular formula is C12H14N4O7S. The number of aromatic nitrogens is 3. The Hall–Kier alpha value is -2.50. The maximum absolute atomic E-state index is 12.8. The monoisotopic (exact) mass is 358 g/mol. The zero-order chi connectivity index (χ0) is 17.9. The predicted octanol–water partition coefficient (Wildman–Crippen LogP) is -1.74. The van der Waals surface area contributed by atoms with Crippen LogP contribution in [0.5, 0.6) is 0 Å². The number of methoxy groups -OCH3 is 1. The van der Waals surface area contributed by atoms with Gasteiger partial charge in [-0.05, 0) is 6.92 Å². The fraction of sp³-hybridized carbons (Fsp3) is 0.583. The summed E-state index contributed by atoms with van der Waals surface area (Å²) in [4.78, 5) is 35.9. The van der Waals surface area contributed by atoms with Gasteiger partial charge in [0.15, 0.2) is 21.6 Å². The molecule has 12 heteroatoms. The highest BCUT2D eigenvalue weighted by Gasteiger charge is 2.70. The van der Waals surface area contributed by atoms with E-state index in [1.54, 1.807) is 0 Å². The first-order valence-corrected chi connectivity index (χ1v) is 8.44. The van der Waals surface area contributed by atoms with Gasteiger partial charge in [0.1, 0.15) is 10.1 Å². The van der Waals surface area contributed by atoms with Gasteiger partial charge in [0.05, 0.1) is 26.3 Å². The molecule has 1 N–H and O–H groups in total. The Morgan fingerprint density at radius 2 is 2.17 bits per heavy atom. The third-order valence-corrected chi connectivity index (χ3v) is 7.28. The fourth-order valence-corrected chi connectivity index (χ4v) is 5.57. The van der Waals surface area contributed by atoms with Crippen LogP contribution in [-0.2, 0) is 30.7 Å². The van der Waals surface area contributed by atoms with E-state index in [-0.39, 0.29) is 12.1 Å². The molecule has 2 saturated heterocycles. The van der Waals surface area contributed by atoms with E-state index in [1.807, 2.05) is 0 Å². The van der Waals surface area contributed by atoms with Gasteiger partial charge in [0, 0.05) is 0 Å². The number of hydrogen-bond donors (Lipinski definition) is 1. The number of carbonyl (C=O) groups excluding carboxylic acids is 2. The van der Waals surface area contributed by atoms with Crippen molar-refractivity contribution in [1.29, 1.82) is 0 Å². The van der Waals surface area contributed by atoms with Crippen molar-refractivity contribution in [2.24, 2.45) is 0 Å². The van der Waals surface area contributed by atoms with Gasteiger partial charge in [-0.25, -0.2) is 22.7 Å². The molecule has 3 rings (SSSR count). The number of ether oxygens (including phenoxy) is 1. The molecule has 3 atom stereocenters.